The van der Waals surface area contributed by atoms with Crippen LogP contribution in [0.15, 0.2) is 47.2 Å². The molecule has 0 aliphatic rings. The van der Waals surface area contributed by atoms with E-state index in [2.05, 4.69) is 16.7 Å². The van der Waals surface area contributed by atoms with E-state index in [0.717, 1.165) is 17.1 Å². The molecule has 2 aromatic rings. The molecule has 0 radical (unpaired) electrons. The van der Waals surface area contributed by atoms with Crippen molar-refractivity contribution in [3.63, 3.8) is 0 Å². The number of Topliss-reactive ketones (excluding diaryl/α,β-unsaturated/α-hetero) is 1. The normalized spacial score (nSPS) is 11.9. The number of carbonyl (C=O) groups excluding carboxylic acids is 1. The Hall–Kier alpha value is -2.70. The van der Waals surface area contributed by atoms with Crippen molar-refractivity contribution < 1.29 is 4.79 Å². The summed E-state index contributed by atoms with van der Waals surface area (Å²) in [4.78, 5) is 16.3. The van der Waals surface area contributed by atoms with Crippen molar-refractivity contribution in [1.29, 1.82) is 0 Å². The topological polar surface area (TPSA) is 99.3 Å². The Bertz CT molecular complexity index is 880. The smallest absolute Gasteiger partial charge is 0.160 e. The molecule has 130 valence electrons. The summed E-state index contributed by atoms with van der Waals surface area (Å²) in [5.41, 5.74) is 9.06. The van der Waals surface area contributed by atoms with Crippen molar-refractivity contribution in [2.24, 2.45) is 23.7 Å². The van der Waals surface area contributed by atoms with Crippen LogP contribution in [-0.4, -0.2) is 27.6 Å². The van der Waals surface area contributed by atoms with Crippen molar-refractivity contribution in [3.8, 4) is 11.3 Å². The molecule has 0 bridgehead atoms. The zero-order chi connectivity index (χ0) is 18.6. The number of hydrazone groups is 1. The lowest BCUT2D eigenvalue weighted by atomic mass is 9.96. The largest absolute Gasteiger partial charge is 0.328 e. The monoisotopic (exact) mass is 357 g/mol. The molecular formula is C18H20ClN5O. The molecule has 0 atom stereocenters. The molecule has 7 heteroatoms. The van der Waals surface area contributed by atoms with Crippen molar-refractivity contribution >= 4 is 29.2 Å². The lowest BCUT2D eigenvalue weighted by Gasteiger charge is -2.11. The summed E-state index contributed by atoms with van der Waals surface area (Å²) in [5.74, 6) is 6.07. The predicted octanol–water partition coefficient (Wildman–Crippen LogP) is 2.68. The van der Waals surface area contributed by atoms with Gasteiger partial charge in [-0.2, -0.15) is 5.10 Å². The lowest BCUT2D eigenvalue weighted by Crippen LogP contribution is -2.19. The summed E-state index contributed by atoms with van der Waals surface area (Å²) < 4.78 is 1.91. The molecule has 1 heterocycles. The van der Waals surface area contributed by atoms with Crippen LogP contribution in [0.4, 0.5) is 0 Å². The SMILES string of the molecule is C=C(Cl)/C=C\c1ncc(-c2ccc(C(C)=O)c(/C(CN)=N\N)c2)n1C. The molecule has 0 amide bonds. The van der Waals surface area contributed by atoms with Crippen LogP contribution in [0, 0.1) is 0 Å². The summed E-state index contributed by atoms with van der Waals surface area (Å²) in [5, 5.41) is 4.13. The fraction of sp³-hybridized carbons (Fsp3) is 0.167. The van der Waals surface area contributed by atoms with Gasteiger partial charge >= 0.3 is 0 Å². The summed E-state index contributed by atoms with van der Waals surface area (Å²) in [7, 11) is 1.89. The van der Waals surface area contributed by atoms with Gasteiger partial charge in [-0.3, -0.25) is 4.79 Å². The maximum atomic E-state index is 11.9. The number of hydrogen-bond acceptors (Lipinski definition) is 5. The van der Waals surface area contributed by atoms with Gasteiger partial charge in [0.25, 0.3) is 0 Å². The zero-order valence-electron chi connectivity index (χ0n) is 14.2. The van der Waals surface area contributed by atoms with E-state index in [4.69, 9.17) is 23.2 Å². The van der Waals surface area contributed by atoms with Gasteiger partial charge < -0.3 is 16.1 Å². The second kappa shape index (κ2) is 7.92. The van der Waals surface area contributed by atoms with Crippen molar-refractivity contribution in [2.45, 2.75) is 6.92 Å². The van der Waals surface area contributed by atoms with E-state index in [-0.39, 0.29) is 12.3 Å². The molecule has 0 saturated carbocycles. The molecule has 0 saturated heterocycles. The number of rotatable bonds is 6. The summed E-state index contributed by atoms with van der Waals surface area (Å²) >= 11 is 5.75. The van der Waals surface area contributed by atoms with E-state index in [1.807, 2.05) is 23.7 Å². The Balaban J connectivity index is 2.56. The second-order valence-corrected chi connectivity index (χ2v) is 5.92. The fourth-order valence-electron chi connectivity index (χ4n) is 2.49. The Kier molecular flexibility index (Phi) is 5.90. The first-order valence-electron chi connectivity index (χ1n) is 7.55. The van der Waals surface area contributed by atoms with Gasteiger partial charge in [0.2, 0.25) is 0 Å². The second-order valence-electron chi connectivity index (χ2n) is 5.44. The average molecular weight is 358 g/mol. The molecule has 0 aliphatic carbocycles. The Morgan fingerprint density at radius 3 is 2.72 bits per heavy atom. The van der Waals surface area contributed by atoms with Crippen molar-refractivity contribution in [2.75, 3.05) is 6.54 Å². The number of carbonyl (C=O) groups is 1. The van der Waals surface area contributed by atoms with Crippen molar-refractivity contribution in [3.05, 3.63) is 59.0 Å². The minimum Gasteiger partial charge on any atom is -0.328 e. The van der Waals surface area contributed by atoms with Gasteiger partial charge in [0, 0.05) is 35.3 Å². The van der Waals surface area contributed by atoms with E-state index >= 15 is 0 Å². The van der Waals surface area contributed by atoms with Gasteiger partial charge in [-0.25, -0.2) is 4.98 Å². The molecule has 2 rings (SSSR count). The Morgan fingerprint density at radius 2 is 2.16 bits per heavy atom. The predicted molar refractivity (Wildman–Crippen MR) is 102 cm³/mol. The molecule has 0 spiro atoms. The number of halogens is 1. The zero-order valence-corrected chi connectivity index (χ0v) is 14.9. The molecular weight excluding hydrogens is 338 g/mol. The van der Waals surface area contributed by atoms with E-state index in [1.165, 1.54) is 6.92 Å². The number of benzene rings is 1. The molecule has 1 aromatic carbocycles. The van der Waals surface area contributed by atoms with E-state index < -0.39 is 0 Å². The molecule has 25 heavy (non-hydrogen) atoms. The van der Waals surface area contributed by atoms with Gasteiger partial charge in [-0.1, -0.05) is 30.3 Å². The average Bonchev–Trinajstić information content (AvgIpc) is 2.94. The van der Waals surface area contributed by atoms with Gasteiger partial charge in [0.1, 0.15) is 5.82 Å². The van der Waals surface area contributed by atoms with Crippen LogP contribution < -0.4 is 11.6 Å². The van der Waals surface area contributed by atoms with Gasteiger partial charge in [-0.15, -0.1) is 0 Å². The van der Waals surface area contributed by atoms with E-state index in [9.17, 15) is 4.79 Å². The van der Waals surface area contributed by atoms with E-state index in [0.29, 0.717) is 21.9 Å². The molecule has 4 N–H and O–H groups in total. The minimum atomic E-state index is -0.0783. The first-order valence-corrected chi connectivity index (χ1v) is 7.93. The number of imidazole rings is 1. The summed E-state index contributed by atoms with van der Waals surface area (Å²) in [6.07, 6.45) is 5.19. The molecule has 6 nitrogen and oxygen atoms in total. The maximum Gasteiger partial charge on any atom is 0.160 e. The minimum absolute atomic E-state index is 0.0783. The van der Waals surface area contributed by atoms with Crippen LogP contribution in [0.2, 0.25) is 0 Å². The molecule has 0 aliphatic heterocycles. The first-order chi connectivity index (χ1) is 11.9. The number of aromatic nitrogens is 2. The highest BCUT2D eigenvalue weighted by atomic mass is 35.5. The Morgan fingerprint density at radius 1 is 1.44 bits per heavy atom. The number of hydrogen-bond donors (Lipinski definition) is 2. The van der Waals surface area contributed by atoms with Gasteiger partial charge in [0.15, 0.2) is 5.78 Å². The van der Waals surface area contributed by atoms with Crippen LogP contribution in [0.3, 0.4) is 0 Å². The highest BCUT2D eigenvalue weighted by molar-refractivity contribution is 6.31. The lowest BCUT2D eigenvalue weighted by molar-refractivity contribution is 0.101. The van der Waals surface area contributed by atoms with Crippen LogP contribution in [0.5, 0.6) is 0 Å². The summed E-state index contributed by atoms with van der Waals surface area (Å²) in [6.45, 7) is 5.25. The third kappa shape index (κ3) is 4.04. The maximum absolute atomic E-state index is 11.9. The number of nitrogens with two attached hydrogens (primary N) is 2. The van der Waals surface area contributed by atoms with Crippen molar-refractivity contribution in [1.82, 2.24) is 9.55 Å². The molecule has 0 unspecified atom stereocenters. The quantitative estimate of drug-likeness (QED) is 0.273. The third-order valence-corrected chi connectivity index (χ3v) is 3.92. The van der Waals surface area contributed by atoms with Crippen LogP contribution >= 0.6 is 11.6 Å². The number of ketones is 1. The van der Waals surface area contributed by atoms with E-state index in [1.54, 1.807) is 24.4 Å². The van der Waals surface area contributed by atoms with Gasteiger partial charge in [0.05, 0.1) is 17.6 Å². The highest BCUT2D eigenvalue weighted by Gasteiger charge is 2.15. The highest BCUT2D eigenvalue weighted by Crippen LogP contribution is 2.24. The Labute approximate surface area is 151 Å². The molecule has 1 aromatic heterocycles. The number of allylic oxidation sites excluding steroid dienone is 2. The first kappa shape index (κ1) is 18.6. The fourth-order valence-corrected chi connectivity index (χ4v) is 2.56. The molecule has 0 fully saturated rings. The number of nitrogens with zero attached hydrogens (tertiary/aromatic N) is 3. The van der Waals surface area contributed by atoms with Crippen LogP contribution in [0.1, 0.15) is 28.7 Å². The third-order valence-electron chi connectivity index (χ3n) is 3.79. The van der Waals surface area contributed by atoms with Crippen LogP contribution in [-0.2, 0) is 7.05 Å². The summed E-state index contributed by atoms with van der Waals surface area (Å²) in [6, 6.07) is 5.45. The van der Waals surface area contributed by atoms with Crippen LogP contribution in [0.25, 0.3) is 17.3 Å². The standard InChI is InChI=1S/C18H20ClN5O/c1-11(19)4-7-18-22-10-17(24(18)3)13-5-6-14(12(2)25)15(8-13)16(9-20)23-21/h4-8,10H,1,9,20-21H2,2-3H3/b7-4-,23-16-. The van der Waals surface area contributed by atoms with Gasteiger partial charge in [-0.05, 0) is 25.1 Å².